The third-order valence-electron chi connectivity index (χ3n) is 6.19. The first-order chi connectivity index (χ1) is 17.0. The van der Waals surface area contributed by atoms with Gasteiger partial charge in [0.1, 0.15) is 17.2 Å². The number of nitro groups is 2. The van der Waals surface area contributed by atoms with Crippen LogP contribution in [0.3, 0.4) is 0 Å². The molecule has 11 heteroatoms. The second-order valence-corrected chi connectivity index (χ2v) is 8.19. The first-order valence-electron chi connectivity index (χ1n) is 11.0. The molecule has 174 valence electrons. The highest BCUT2D eigenvalue weighted by atomic mass is 16.6. The molecule has 0 N–H and O–H groups in total. The maximum absolute atomic E-state index is 12.1. The summed E-state index contributed by atoms with van der Waals surface area (Å²) in [5, 5.41) is 24.7. The molecule has 0 bridgehead atoms. The predicted octanol–water partition coefficient (Wildman–Crippen LogP) is 4.36. The maximum atomic E-state index is 12.1. The van der Waals surface area contributed by atoms with Gasteiger partial charge in [0.2, 0.25) is 0 Å². The van der Waals surface area contributed by atoms with Crippen LogP contribution in [-0.4, -0.2) is 50.5 Å². The van der Waals surface area contributed by atoms with Crippen molar-refractivity contribution < 1.29 is 14.6 Å². The Labute approximate surface area is 197 Å². The number of imidazole rings is 1. The summed E-state index contributed by atoms with van der Waals surface area (Å²) in [7, 11) is 0. The standard InChI is InChI=1S/C24H18N6O5/c31-29(32)15-13-17(22(21(14-15)30(33)34)27-9-11-35-12-10-27)24-25-18-6-2-1-5-16(18)23-26-19-7-3-4-8-20(19)28(23)24/h1-8,13-14H,9-12H2. The van der Waals surface area contributed by atoms with Gasteiger partial charge in [0, 0.05) is 24.5 Å². The molecule has 0 aliphatic carbocycles. The smallest absolute Gasteiger partial charge is 0.300 e. The summed E-state index contributed by atoms with van der Waals surface area (Å²) in [5.41, 5.74) is 2.58. The Morgan fingerprint density at radius 1 is 0.857 bits per heavy atom. The van der Waals surface area contributed by atoms with E-state index in [1.807, 2.05) is 57.8 Å². The maximum Gasteiger partial charge on any atom is 0.300 e. The summed E-state index contributed by atoms with van der Waals surface area (Å²) < 4.78 is 7.28. The van der Waals surface area contributed by atoms with E-state index in [1.165, 1.54) is 6.07 Å². The first kappa shape index (κ1) is 20.9. The fraction of sp³-hybridized carbons (Fsp3) is 0.167. The van der Waals surface area contributed by atoms with Crippen molar-refractivity contribution in [2.45, 2.75) is 0 Å². The number of hydrogen-bond donors (Lipinski definition) is 0. The molecule has 1 fully saturated rings. The quantitative estimate of drug-likeness (QED) is 0.280. The molecule has 0 saturated carbocycles. The van der Waals surface area contributed by atoms with Crippen molar-refractivity contribution in [3.05, 3.63) is 80.9 Å². The molecule has 2 aromatic heterocycles. The zero-order chi connectivity index (χ0) is 24.1. The number of para-hydroxylation sites is 3. The van der Waals surface area contributed by atoms with Crippen LogP contribution in [0.4, 0.5) is 17.1 Å². The van der Waals surface area contributed by atoms with E-state index in [1.54, 1.807) is 0 Å². The molecule has 1 aliphatic heterocycles. The molecule has 0 unspecified atom stereocenters. The minimum absolute atomic E-state index is 0.283. The lowest BCUT2D eigenvalue weighted by Crippen LogP contribution is -2.37. The molecule has 3 aromatic carbocycles. The summed E-state index contributed by atoms with van der Waals surface area (Å²) in [6.07, 6.45) is 0. The van der Waals surface area contributed by atoms with E-state index in [2.05, 4.69) is 0 Å². The lowest BCUT2D eigenvalue weighted by Gasteiger charge is -2.30. The van der Waals surface area contributed by atoms with Crippen LogP contribution in [-0.2, 0) is 4.74 Å². The van der Waals surface area contributed by atoms with Gasteiger partial charge in [0.15, 0.2) is 0 Å². The van der Waals surface area contributed by atoms with Gasteiger partial charge >= 0.3 is 0 Å². The van der Waals surface area contributed by atoms with Gasteiger partial charge in [-0.15, -0.1) is 0 Å². The Kier molecular flexibility index (Phi) is 4.78. The molecule has 11 nitrogen and oxygen atoms in total. The molecule has 0 amide bonds. The number of nitro benzene ring substituents is 2. The van der Waals surface area contributed by atoms with Crippen LogP contribution >= 0.6 is 0 Å². The third kappa shape index (κ3) is 3.32. The summed E-state index contributed by atoms with van der Waals surface area (Å²) in [4.78, 5) is 34.3. The highest BCUT2D eigenvalue weighted by molar-refractivity contribution is 5.99. The van der Waals surface area contributed by atoms with Crippen LogP contribution in [0.25, 0.3) is 39.0 Å². The fourth-order valence-corrected chi connectivity index (χ4v) is 4.66. The molecule has 3 heterocycles. The lowest BCUT2D eigenvalue weighted by atomic mass is 10.1. The van der Waals surface area contributed by atoms with E-state index in [0.717, 1.165) is 22.5 Å². The van der Waals surface area contributed by atoms with Crippen molar-refractivity contribution in [3.8, 4) is 11.4 Å². The highest BCUT2D eigenvalue weighted by Gasteiger charge is 2.31. The molecule has 0 atom stereocenters. The van der Waals surface area contributed by atoms with Crippen molar-refractivity contribution in [1.82, 2.24) is 14.4 Å². The Hall–Kier alpha value is -4.64. The van der Waals surface area contributed by atoms with Gasteiger partial charge in [-0.3, -0.25) is 24.6 Å². The van der Waals surface area contributed by atoms with E-state index < -0.39 is 9.85 Å². The average Bonchev–Trinajstić information content (AvgIpc) is 3.28. The Bertz CT molecular complexity index is 1660. The minimum atomic E-state index is -0.621. The number of fused-ring (bicyclic) bond motifs is 5. The molecule has 0 radical (unpaired) electrons. The second-order valence-electron chi connectivity index (χ2n) is 8.19. The van der Waals surface area contributed by atoms with Crippen LogP contribution in [0.1, 0.15) is 0 Å². The third-order valence-corrected chi connectivity index (χ3v) is 6.19. The van der Waals surface area contributed by atoms with Crippen molar-refractivity contribution in [3.63, 3.8) is 0 Å². The Morgan fingerprint density at radius 2 is 1.57 bits per heavy atom. The minimum Gasteiger partial charge on any atom is -0.378 e. The predicted molar refractivity (Wildman–Crippen MR) is 130 cm³/mol. The lowest BCUT2D eigenvalue weighted by molar-refractivity contribution is -0.393. The molecule has 5 aromatic rings. The average molecular weight is 470 g/mol. The Morgan fingerprint density at radius 3 is 2.31 bits per heavy atom. The molecular formula is C24H18N6O5. The largest absolute Gasteiger partial charge is 0.378 e. The molecular weight excluding hydrogens is 452 g/mol. The number of benzene rings is 3. The summed E-state index contributed by atoms with van der Waals surface area (Å²) in [6, 6.07) is 17.4. The zero-order valence-electron chi connectivity index (χ0n) is 18.3. The van der Waals surface area contributed by atoms with Crippen LogP contribution in [0, 0.1) is 20.2 Å². The van der Waals surface area contributed by atoms with Crippen molar-refractivity contribution >= 4 is 44.6 Å². The zero-order valence-corrected chi connectivity index (χ0v) is 18.3. The topological polar surface area (TPSA) is 129 Å². The van der Waals surface area contributed by atoms with Gasteiger partial charge in [0.05, 0.1) is 51.2 Å². The number of rotatable bonds is 4. The van der Waals surface area contributed by atoms with Crippen molar-refractivity contribution in [2.75, 3.05) is 31.2 Å². The van der Waals surface area contributed by atoms with Gasteiger partial charge in [0.25, 0.3) is 11.4 Å². The summed E-state index contributed by atoms with van der Waals surface area (Å²) >= 11 is 0. The van der Waals surface area contributed by atoms with E-state index in [9.17, 15) is 20.2 Å². The molecule has 6 rings (SSSR count). The van der Waals surface area contributed by atoms with Crippen LogP contribution < -0.4 is 4.90 Å². The SMILES string of the molecule is O=[N+]([O-])c1cc(-c2nc3ccccc3c3nc4ccccc4n23)c(N2CCOCC2)c([N+](=O)[O-])c1. The van der Waals surface area contributed by atoms with E-state index in [4.69, 9.17) is 14.7 Å². The van der Waals surface area contributed by atoms with Gasteiger partial charge in [-0.25, -0.2) is 9.97 Å². The van der Waals surface area contributed by atoms with Gasteiger partial charge in [-0.1, -0.05) is 24.3 Å². The van der Waals surface area contributed by atoms with Gasteiger partial charge < -0.3 is 9.64 Å². The van der Waals surface area contributed by atoms with Crippen molar-refractivity contribution in [1.29, 1.82) is 0 Å². The molecule has 0 spiro atoms. The Balaban J connectivity index is 1.79. The molecule has 1 saturated heterocycles. The number of morpholine rings is 1. The summed E-state index contributed by atoms with van der Waals surface area (Å²) in [6.45, 7) is 1.60. The number of hydrogen-bond acceptors (Lipinski definition) is 8. The monoisotopic (exact) mass is 470 g/mol. The number of non-ortho nitro benzene ring substituents is 1. The van der Waals surface area contributed by atoms with E-state index in [-0.39, 0.29) is 17.1 Å². The van der Waals surface area contributed by atoms with E-state index in [0.29, 0.717) is 48.9 Å². The number of nitrogens with zero attached hydrogens (tertiary/aromatic N) is 6. The summed E-state index contributed by atoms with van der Waals surface area (Å²) in [5.74, 6) is 0.348. The number of anilines is 1. The first-order valence-corrected chi connectivity index (χ1v) is 11.0. The van der Waals surface area contributed by atoms with Crippen molar-refractivity contribution in [2.24, 2.45) is 0 Å². The van der Waals surface area contributed by atoms with Crippen LogP contribution in [0.5, 0.6) is 0 Å². The number of aromatic nitrogens is 3. The van der Waals surface area contributed by atoms with Crippen LogP contribution in [0.2, 0.25) is 0 Å². The van der Waals surface area contributed by atoms with Gasteiger partial charge in [-0.2, -0.15) is 0 Å². The van der Waals surface area contributed by atoms with Crippen LogP contribution in [0.15, 0.2) is 60.7 Å². The fourth-order valence-electron chi connectivity index (χ4n) is 4.66. The molecule has 35 heavy (non-hydrogen) atoms. The second kappa shape index (κ2) is 7.99. The number of ether oxygens (including phenoxy) is 1. The van der Waals surface area contributed by atoms with Gasteiger partial charge in [-0.05, 0) is 24.3 Å². The van der Waals surface area contributed by atoms with E-state index >= 15 is 0 Å². The molecule has 1 aliphatic rings. The highest BCUT2D eigenvalue weighted by Crippen LogP contribution is 2.43. The normalized spacial score (nSPS) is 14.1.